The normalized spacial score (nSPS) is 10.6. The molecule has 19 heavy (non-hydrogen) atoms. The molecular weight excluding hydrogens is 244 g/mol. The van der Waals surface area contributed by atoms with Gasteiger partial charge in [-0.25, -0.2) is 5.43 Å². The molecule has 1 amide bonds. The Morgan fingerprint density at radius 2 is 2.16 bits per heavy atom. The summed E-state index contributed by atoms with van der Waals surface area (Å²) in [4.78, 5) is 11.5. The molecule has 0 saturated heterocycles. The second kappa shape index (κ2) is 6.39. The first-order chi connectivity index (χ1) is 9.29. The molecule has 0 bridgehead atoms. The van der Waals surface area contributed by atoms with Crippen LogP contribution < -0.4 is 10.2 Å². The predicted octanol–water partition coefficient (Wildman–Crippen LogP) is 2.44. The molecular formula is C14H14N2O3. The van der Waals surface area contributed by atoms with Gasteiger partial charge in [-0.2, -0.15) is 5.10 Å². The number of amides is 1. The fraction of sp³-hybridized carbons (Fsp3) is 0.143. The lowest BCUT2D eigenvalue weighted by Crippen LogP contribution is -2.16. The summed E-state index contributed by atoms with van der Waals surface area (Å²) in [6, 6.07) is 10.6. The highest BCUT2D eigenvalue weighted by Crippen LogP contribution is 2.10. The molecule has 2 aromatic rings. The number of rotatable bonds is 5. The van der Waals surface area contributed by atoms with Crippen molar-refractivity contribution in [2.24, 2.45) is 5.10 Å². The average Bonchev–Trinajstić information content (AvgIpc) is 2.95. The number of carbonyl (C=O) groups is 1. The molecule has 0 fully saturated rings. The minimum absolute atomic E-state index is 0.226. The minimum atomic E-state index is -0.382. The van der Waals surface area contributed by atoms with E-state index in [9.17, 15) is 4.79 Å². The Bertz CT molecular complexity index is 545. The Morgan fingerprint density at radius 3 is 2.79 bits per heavy atom. The number of carbonyl (C=O) groups excluding carboxylic acids is 1. The fourth-order valence-corrected chi connectivity index (χ4v) is 1.45. The second-order valence-corrected chi connectivity index (χ2v) is 3.68. The predicted molar refractivity (Wildman–Crippen MR) is 71.4 cm³/mol. The van der Waals surface area contributed by atoms with E-state index in [2.05, 4.69) is 10.5 Å². The van der Waals surface area contributed by atoms with Crippen LogP contribution >= 0.6 is 0 Å². The van der Waals surface area contributed by atoms with Crippen molar-refractivity contribution in [1.82, 2.24) is 5.43 Å². The van der Waals surface area contributed by atoms with Gasteiger partial charge < -0.3 is 9.15 Å². The second-order valence-electron chi connectivity index (χ2n) is 3.68. The zero-order valence-electron chi connectivity index (χ0n) is 10.5. The molecule has 1 aromatic carbocycles. The SMILES string of the molecule is CCOc1ccc(/C=N\NC(=O)c2ccco2)cc1. The maximum atomic E-state index is 11.5. The average molecular weight is 258 g/mol. The molecule has 98 valence electrons. The summed E-state index contributed by atoms with van der Waals surface area (Å²) in [5, 5.41) is 3.85. The first kappa shape index (κ1) is 12.9. The van der Waals surface area contributed by atoms with Crippen molar-refractivity contribution in [2.45, 2.75) is 6.92 Å². The summed E-state index contributed by atoms with van der Waals surface area (Å²) in [6.45, 7) is 2.56. The maximum absolute atomic E-state index is 11.5. The number of nitrogens with zero attached hydrogens (tertiary/aromatic N) is 1. The van der Waals surface area contributed by atoms with Crippen molar-refractivity contribution >= 4 is 12.1 Å². The van der Waals surface area contributed by atoms with E-state index < -0.39 is 0 Å². The van der Waals surface area contributed by atoms with Crippen LogP contribution in [0.3, 0.4) is 0 Å². The summed E-state index contributed by atoms with van der Waals surface area (Å²) < 4.78 is 10.3. The lowest BCUT2D eigenvalue weighted by atomic mass is 10.2. The third kappa shape index (κ3) is 3.70. The Labute approximate surface area is 110 Å². The van der Waals surface area contributed by atoms with Gasteiger partial charge in [-0.15, -0.1) is 0 Å². The van der Waals surface area contributed by atoms with Crippen LogP contribution in [0.5, 0.6) is 5.75 Å². The molecule has 0 aliphatic carbocycles. The van der Waals surface area contributed by atoms with E-state index in [1.807, 2.05) is 31.2 Å². The van der Waals surface area contributed by atoms with E-state index in [0.29, 0.717) is 6.61 Å². The summed E-state index contributed by atoms with van der Waals surface area (Å²) in [6.07, 6.45) is 2.99. The van der Waals surface area contributed by atoms with Crippen LogP contribution in [0.4, 0.5) is 0 Å². The van der Waals surface area contributed by atoms with Crippen molar-refractivity contribution in [3.05, 3.63) is 54.0 Å². The number of hydrogen-bond acceptors (Lipinski definition) is 4. The number of benzene rings is 1. The van der Waals surface area contributed by atoms with Gasteiger partial charge in [0.25, 0.3) is 0 Å². The van der Waals surface area contributed by atoms with Crippen LogP contribution in [0.2, 0.25) is 0 Å². The standard InChI is InChI=1S/C14H14N2O3/c1-2-18-12-7-5-11(6-8-12)10-15-16-14(17)13-4-3-9-19-13/h3-10H,2H2,1H3,(H,16,17)/b15-10-. The van der Waals surface area contributed by atoms with Gasteiger partial charge in [-0.05, 0) is 48.9 Å². The molecule has 5 heteroatoms. The summed E-state index contributed by atoms with van der Waals surface area (Å²) in [5.74, 6) is 0.648. The zero-order chi connectivity index (χ0) is 13.5. The van der Waals surface area contributed by atoms with Gasteiger partial charge in [0, 0.05) is 0 Å². The molecule has 1 aromatic heterocycles. The monoisotopic (exact) mass is 258 g/mol. The maximum Gasteiger partial charge on any atom is 0.307 e. The number of hydrazone groups is 1. The van der Waals surface area contributed by atoms with Gasteiger partial charge in [0.1, 0.15) is 5.75 Å². The quantitative estimate of drug-likeness (QED) is 0.661. The lowest BCUT2D eigenvalue weighted by Gasteiger charge is -2.02. The van der Waals surface area contributed by atoms with Crippen LogP contribution in [0.1, 0.15) is 23.0 Å². The molecule has 1 N–H and O–H groups in total. The van der Waals surface area contributed by atoms with Gasteiger partial charge in [-0.3, -0.25) is 4.79 Å². The molecule has 0 spiro atoms. The van der Waals surface area contributed by atoms with E-state index >= 15 is 0 Å². The number of hydrogen-bond donors (Lipinski definition) is 1. The van der Waals surface area contributed by atoms with Gasteiger partial charge >= 0.3 is 5.91 Å². The van der Waals surface area contributed by atoms with Crippen molar-refractivity contribution in [1.29, 1.82) is 0 Å². The van der Waals surface area contributed by atoms with E-state index in [-0.39, 0.29) is 11.7 Å². The smallest absolute Gasteiger partial charge is 0.307 e. The van der Waals surface area contributed by atoms with Gasteiger partial charge in [0.15, 0.2) is 5.76 Å². The van der Waals surface area contributed by atoms with Crippen LogP contribution in [-0.2, 0) is 0 Å². The topological polar surface area (TPSA) is 63.8 Å². The highest BCUT2D eigenvalue weighted by molar-refractivity contribution is 5.92. The molecule has 1 heterocycles. The summed E-state index contributed by atoms with van der Waals surface area (Å²) >= 11 is 0. The molecule has 0 aliphatic heterocycles. The Balaban J connectivity index is 1.90. The number of furan rings is 1. The zero-order valence-corrected chi connectivity index (χ0v) is 10.5. The molecule has 0 radical (unpaired) electrons. The Hall–Kier alpha value is -2.56. The van der Waals surface area contributed by atoms with Crippen LogP contribution in [0.25, 0.3) is 0 Å². The third-order valence-corrected chi connectivity index (χ3v) is 2.32. The summed E-state index contributed by atoms with van der Waals surface area (Å²) in [7, 11) is 0. The van der Waals surface area contributed by atoms with Crippen LogP contribution in [-0.4, -0.2) is 18.7 Å². The van der Waals surface area contributed by atoms with Crippen molar-refractivity contribution < 1.29 is 13.9 Å². The van der Waals surface area contributed by atoms with E-state index in [4.69, 9.17) is 9.15 Å². The first-order valence-electron chi connectivity index (χ1n) is 5.89. The third-order valence-electron chi connectivity index (χ3n) is 2.32. The van der Waals surface area contributed by atoms with E-state index in [1.54, 1.807) is 18.3 Å². The van der Waals surface area contributed by atoms with Crippen LogP contribution in [0, 0.1) is 0 Å². The lowest BCUT2D eigenvalue weighted by molar-refractivity contribution is 0.0927. The Morgan fingerprint density at radius 1 is 1.37 bits per heavy atom. The Kier molecular flexibility index (Phi) is 4.34. The highest BCUT2D eigenvalue weighted by Gasteiger charge is 2.05. The van der Waals surface area contributed by atoms with Crippen molar-refractivity contribution in [3.63, 3.8) is 0 Å². The van der Waals surface area contributed by atoms with Crippen molar-refractivity contribution in [2.75, 3.05) is 6.61 Å². The van der Waals surface area contributed by atoms with E-state index in [1.165, 1.54) is 6.26 Å². The number of ether oxygens (including phenoxy) is 1. The minimum Gasteiger partial charge on any atom is -0.494 e. The molecule has 0 aliphatic rings. The molecule has 5 nitrogen and oxygen atoms in total. The van der Waals surface area contributed by atoms with Crippen molar-refractivity contribution in [3.8, 4) is 5.75 Å². The first-order valence-corrected chi connectivity index (χ1v) is 5.89. The van der Waals surface area contributed by atoms with Gasteiger partial charge in [0.05, 0.1) is 19.1 Å². The molecule has 2 rings (SSSR count). The molecule has 0 saturated carbocycles. The molecule has 0 atom stereocenters. The number of nitrogens with one attached hydrogen (secondary N) is 1. The van der Waals surface area contributed by atoms with Gasteiger partial charge in [-0.1, -0.05) is 0 Å². The van der Waals surface area contributed by atoms with E-state index in [0.717, 1.165) is 11.3 Å². The van der Waals surface area contributed by atoms with Crippen LogP contribution in [0.15, 0.2) is 52.2 Å². The van der Waals surface area contributed by atoms with Gasteiger partial charge in [0.2, 0.25) is 0 Å². The molecule has 0 unspecified atom stereocenters. The fourth-order valence-electron chi connectivity index (χ4n) is 1.45. The highest BCUT2D eigenvalue weighted by atomic mass is 16.5. The summed E-state index contributed by atoms with van der Waals surface area (Å²) in [5.41, 5.74) is 3.24. The largest absolute Gasteiger partial charge is 0.494 e.